The third-order valence-corrected chi connectivity index (χ3v) is 7.28. The van der Waals surface area contributed by atoms with Gasteiger partial charge in [-0.15, -0.1) is 0 Å². The van der Waals surface area contributed by atoms with Gasteiger partial charge >= 0.3 is 11.9 Å². The molecule has 0 spiro atoms. The summed E-state index contributed by atoms with van der Waals surface area (Å²) in [7, 11) is 0. The molecule has 0 amide bonds. The first-order valence-corrected chi connectivity index (χ1v) is 18.0. The van der Waals surface area contributed by atoms with E-state index in [0.717, 1.165) is 57.8 Å². The van der Waals surface area contributed by atoms with Crippen LogP contribution in [-0.2, 0) is 19.1 Å². The van der Waals surface area contributed by atoms with Gasteiger partial charge in [0.1, 0.15) is 6.61 Å². The molecular weight excluding hydrogens is 560 g/mol. The lowest BCUT2D eigenvalue weighted by Gasteiger charge is -2.15. The predicted molar refractivity (Wildman–Crippen MR) is 191 cm³/mol. The maximum absolute atomic E-state index is 12.1. The smallest absolute Gasteiger partial charge is 0.306 e. The van der Waals surface area contributed by atoms with Gasteiger partial charge in [0.25, 0.3) is 0 Å². The Labute approximate surface area is 276 Å². The lowest BCUT2D eigenvalue weighted by Crippen LogP contribution is -2.28. The fourth-order valence-electron chi connectivity index (χ4n) is 4.58. The Hall–Kier alpha value is -2.66. The van der Waals surface area contributed by atoms with Gasteiger partial charge in [0.15, 0.2) is 6.10 Å². The van der Waals surface area contributed by atoms with Gasteiger partial charge in [-0.05, 0) is 51.4 Å². The van der Waals surface area contributed by atoms with E-state index in [0.29, 0.717) is 12.8 Å². The summed E-state index contributed by atoms with van der Waals surface area (Å²) in [6, 6.07) is 0. The molecule has 0 radical (unpaired) electrons. The molecule has 0 rings (SSSR count). The van der Waals surface area contributed by atoms with Crippen LogP contribution in [0, 0.1) is 0 Å². The number of aliphatic hydroxyl groups is 1. The van der Waals surface area contributed by atoms with E-state index in [4.69, 9.17) is 9.47 Å². The van der Waals surface area contributed by atoms with Crippen molar-refractivity contribution in [3.63, 3.8) is 0 Å². The predicted octanol–water partition coefficient (Wildman–Crippen LogP) is 11.0. The van der Waals surface area contributed by atoms with E-state index in [1.54, 1.807) is 0 Å². The van der Waals surface area contributed by atoms with Crippen LogP contribution in [-0.4, -0.2) is 36.4 Å². The molecule has 256 valence electrons. The van der Waals surface area contributed by atoms with Crippen LogP contribution in [0.15, 0.2) is 72.9 Å². The minimum Gasteiger partial charge on any atom is -0.462 e. The minimum atomic E-state index is -0.801. The molecule has 0 saturated heterocycles. The number of hydrogen-bond acceptors (Lipinski definition) is 5. The molecule has 0 aliphatic carbocycles. The molecular formula is C40H66O5. The zero-order valence-corrected chi connectivity index (χ0v) is 28.8. The van der Waals surface area contributed by atoms with Crippen LogP contribution in [0.1, 0.15) is 149 Å². The fraction of sp³-hybridized carbons (Fsp3) is 0.650. The molecule has 45 heavy (non-hydrogen) atoms. The summed E-state index contributed by atoms with van der Waals surface area (Å²) in [5.74, 6) is -0.694. The number of carbonyl (C=O) groups excluding carboxylic acids is 2. The maximum Gasteiger partial charge on any atom is 0.306 e. The van der Waals surface area contributed by atoms with Gasteiger partial charge in [-0.25, -0.2) is 0 Å². The van der Waals surface area contributed by atoms with Crippen molar-refractivity contribution in [2.75, 3.05) is 13.2 Å². The summed E-state index contributed by atoms with van der Waals surface area (Å²) < 4.78 is 10.5. The lowest BCUT2D eigenvalue weighted by molar-refractivity contribution is -0.161. The molecule has 0 fully saturated rings. The zero-order valence-electron chi connectivity index (χ0n) is 28.8. The van der Waals surface area contributed by atoms with Crippen LogP contribution in [0.3, 0.4) is 0 Å². The third-order valence-electron chi connectivity index (χ3n) is 7.28. The van der Waals surface area contributed by atoms with Crippen molar-refractivity contribution in [3.05, 3.63) is 72.9 Å². The Bertz CT molecular complexity index is 849. The topological polar surface area (TPSA) is 72.8 Å². The summed E-state index contributed by atoms with van der Waals surface area (Å²) in [4.78, 5) is 24.1. The Balaban J connectivity index is 3.74. The second-order valence-corrected chi connectivity index (χ2v) is 11.6. The quantitative estimate of drug-likeness (QED) is 0.0471. The Kier molecular flexibility index (Phi) is 33.7. The first kappa shape index (κ1) is 42.3. The highest BCUT2D eigenvalue weighted by atomic mass is 16.6. The van der Waals surface area contributed by atoms with E-state index in [2.05, 4.69) is 74.6 Å². The summed E-state index contributed by atoms with van der Waals surface area (Å²) in [6.07, 6.45) is 46.8. The number of hydrogen-bond donors (Lipinski definition) is 1. The highest BCUT2D eigenvalue weighted by molar-refractivity contribution is 5.70. The molecule has 0 aromatic rings. The summed E-state index contributed by atoms with van der Waals surface area (Å²) >= 11 is 0. The molecule has 0 aromatic carbocycles. The maximum atomic E-state index is 12.1. The van der Waals surface area contributed by atoms with Crippen molar-refractivity contribution in [1.82, 2.24) is 0 Å². The number of esters is 2. The van der Waals surface area contributed by atoms with Crippen LogP contribution < -0.4 is 0 Å². The Morgan fingerprint density at radius 2 is 0.956 bits per heavy atom. The van der Waals surface area contributed by atoms with Crippen LogP contribution >= 0.6 is 0 Å². The second-order valence-electron chi connectivity index (χ2n) is 11.6. The van der Waals surface area contributed by atoms with Crippen LogP contribution in [0.2, 0.25) is 0 Å². The van der Waals surface area contributed by atoms with Gasteiger partial charge in [0, 0.05) is 12.8 Å². The van der Waals surface area contributed by atoms with Crippen LogP contribution in [0.5, 0.6) is 0 Å². The van der Waals surface area contributed by atoms with Crippen molar-refractivity contribution >= 4 is 11.9 Å². The third kappa shape index (κ3) is 34.1. The number of rotatable bonds is 31. The van der Waals surface area contributed by atoms with Crippen molar-refractivity contribution < 1.29 is 24.2 Å². The number of carbonyl (C=O) groups is 2. The highest BCUT2D eigenvalue weighted by Gasteiger charge is 2.15. The van der Waals surface area contributed by atoms with Crippen LogP contribution in [0.4, 0.5) is 0 Å². The van der Waals surface area contributed by atoms with Gasteiger partial charge in [-0.1, -0.05) is 157 Å². The standard InChI is InChI=1S/C40H66O5/c1-3-5-7-9-11-13-15-17-18-19-20-21-22-23-25-26-28-30-32-34-39(42)44-37-38(36-41)45-40(43)35-33-31-29-27-24-16-14-12-10-8-6-4-2/h5,7,11,13,17-18,20-21,23,25,28,30,38,41H,3-4,6,8-10,12,14-16,19,22,24,26-27,29,31-37H2,1-2H3. The summed E-state index contributed by atoms with van der Waals surface area (Å²) in [6.45, 7) is 3.93. The lowest BCUT2D eigenvalue weighted by atomic mass is 10.0. The first-order valence-electron chi connectivity index (χ1n) is 18.0. The fourth-order valence-corrected chi connectivity index (χ4v) is 4.58. The van der Waals surface area contributed by atoms with E-state index in [-0.39, 0.29) is 31.6 Å². The van der Waals surface area contributed by atoms with E-state index >= 15 is 0 Å². The zero-order chi connectivity index (χ0) is 32.9. The number of unbranched alkanes of at least 4 members (excludes halogenated alkanes) is 11. The molecule has 0 saturated carbocycles. The van der Waals surface area contributed by atoms with E-state index in [1.807, 2.05) is 12.2 Å². The molecule has 1 N–H and O–H groups in total. The summed E-state index contributed by atoms with van der Waals surface area (Å²) in [5, 5.41) is 9.51. The van der Waals surface area contributed by atoms with Gasteiger partial charge in [0.2, 0.25) is 0 Å². The molecule has 0 aliphatic rings. The van der Waals surface area contributed by atoms with Crippen molar-refractivity contribution in [2.24, 2.45) is 0 Å². The Morgan fingerprint density at radius 3 is 1.40 bits per heavy atom. The molecule has 0 aromatic heterocycles. The van der Waals surface area contributed by atoms with Crippen molar-refractivity contribution in [2.45, 2.75) is 155 Å². The number of ether oxygens (including phenoxy) is 2. The average Bonchev–Trinajstić information content (AvgIpc) is 3.04. The van der Waals surface area contributed by atoms with E-state index < -0.39 is 6.10 Å². The highest BCUT2D eigenvalue weighted by Crippen LogP contribution is 2.13. The van der Waals surface area contributed by atoms with E-state index in [1.165, 1.54) is 57.8 Å². The second kappa shape index (κ2) is 35.8. The van der Waals surface area contributed by atoms with Gasteiger partial charge in [-0.2, -0.15) is 0 Å². The van der Waals surface area contributed by atoms with Gasteiger partial charge in [-0.3, -0.25) is 9.59 Å². The molecule has 0 bridgehead atoms. The molecule has 1 atom stereocenters. The SMILES string of the molecule is CCC=CCC=CCC=CCC=CCC=CCC=CCCC(=O)OCC(CO)OC(=O)CCCCCCCCCCCCCC. The van der Waals surface area contributed by atoms with Crippen LogP contribution in [0.25, 0.3) is 0 Å². The number of aliphatic hydroxyl groups excluding tert-OH is 1. The Morgan fingerprint density at radius 1 is 0.533 bits per heavy atom. The van der Waals surface area contributed by atoms with Gasteiger partial charge in [0.05, 0.1) is 6.61 Å². The minimum absolute atomic E-state index is 0.108. The first-order chi connectivity index (χ1) is 22.1. The largest absolute Gasteiger partial charge is 0.462 e. The molecule has 1 unspecified atom stereocenters. The monoisotopic (exact) mass is 626 g/mol. The normalized spacial score (nSPS) is 13.0. The molecule has 0 aliphatic heterocycles. The van der Waals surface area contributed by atoms with E-state index in [9.17, 15) is 14.7 Å². The summed E-state index contributed by atoms with van der Waals surface area (Å²) in [5.41, 5.74) is 0. The molecule has 5 heteroatoms. The molecule has 5 nitrogen and oxygen atoms in total. The molecule has 0 heterocycles. The van der Waals surface area contributed by atoms with Crippen molar-refractivity contribution in [1.29, 1.82) is 0 Å². The average molecular weight is 627 g/mol. The van der Waals surface area contributed by atoms with Gasteiger partial charge < -0.3 is 14.6 Å². The van der Waals surface area contributed by atoms with Crippen molar-refractivity contribution in [3.8, 4) is 0 Å². The number of allylic oxidation sites excluding steroid dienone is 12.